The molecule has 2 aromatic rings. The molecule has 7 nitrogen and oxygen atoms in total. The molecule has 0 saturated carbocycles. The van der Waals surface area contributed by atoms with Crippen molar-refractivity contribution in [1.29, 1.82) is 0 Å². The Bertz CT molecular complexity index is 483. The predicted molar refractivity (Wildman–Crippen MR) is 51.3 cm³/mol. The highest BCUT2D eigenvalue weighted by Crippen LogP contribution is 2.11. The van der Waals surface area contributed by atoms with E-state index in [4.69, 9.17) is 9.26 Å². The van der Waals surface area contributed by atoms with Gasteiger partial charge in [-0.05, 0) is 13.0 Å². The highest BCUT2D eigenvalue weighted by Gasteiger charge is 2.17. The summed E-state index contributed by atoms with van der Waals surface area (Å²) >= 11 is 0. The van der Waals surface area contributed by atoms with Crippen LogP contribution in [0, 0.1) is 0 Å². The fourth-order valence-corrected chi connectivity index (χ4v) is 1.03. The molecule has 0 saturated heterocycles. The Hall–Kier alpha value is -2.31. The monoisotopic (exact) mass is 220 g/mol. The second-order valence-corrected chi connectivity index (χ2v) is 2.74. The Balaban J connectivity index is 2.23. The van der Waals surface area contributed by atoms with Gasteiger partial charge < -0.3 is 9.26 Å². The maximum absolute atomic E-state index is 11.2. The number of carbonyl (C=O) groups is 1. The van der Waals surface area contributed by atoms with Gasteiger partial charge in [0.1, 0.15) is 12.0 Å². The number of nitrogens with zero attached hydrogens (tertiary/aromatic N) is 4. The largest absolute Gasteiger partial charge is 0.459 e. The lowest BCUT2D eigenvalue weighted by atomic mass is 10.4. The van der Waals surface area contributed by atoms with Crippen molar-refractivity contribution in [2.24, 2.45) is 0 Å². The third-order valence-corrected chi connectivity index (χ3v) is 1.69. The number of hydrogen-bond acceptors (Lipinski definition) is 7. The molecule has 0 bridgehead atoms. The van der Waals surface area contributed by atoms with Crippen molar-refractivity contribution in [2.45, 2.75) is 6.92 Å². The van der Waals surface area contributed by atoms with Crippen molar-refractivity contribution in [2.75, 3.05) is 6.61 Å². The Labute approximate surface area is 90.5 Å². The van der Waals surface area contributed by atoms with Crippen LogP contribution in [0.3, 0.4) is 0 Å². The van der Waals surface area contributed by atoms with Crippen LogP contribution < -0.4 is 0 Å². The molecule has 0 atom stereocenters. The van der Waals surface area contributed by atoms with Crippen LogP contribution in [0.15, 0.2) is 23.1 Å². The van der Waals surface area contributed by atoms with E-state index in [1.54, 1.807) is 19.2 Å². The minimum Gasteiger partial charge on any atom is -0.459 e. The number of esters is 1. The second-order valence-electron chi connectivity index (χ2n) is 2.74. The van der Waals surface area contributed by atoms with E-state index in [2.05, 4.69) is 20.1 Å². The lowest BCUT2D eigenvalue weighted by Crippen LogP contribution is -2.04. The first-order valence-electron chi connectivity index (χ1n) is 4.58. The van der Waals surface area contributed by atoms with E-state index < -0.39 is 5.97 Å². The molecule has 2 rings (SSSR count). The summed E-state index contributed by atoms with van der Waals surface area (Å²) in [7, 11) is 0. The average molecular weight is 220 g/mol. The maximum Gasteiger partial charge on any atom is 0.397 e. The van der Waals surface area contributed by atoms with Gasteiger partial charge in [0.15, 0.2) is 0 Å². The summed E-state index contributed by atoms with van der Waals surface area (Å²) in [4.78, 5) is 22.8. The van der Waals surface area contributed by atoms with Crippen molar-refractivity contribution in [3.63, 3.8) is 0 Å². The van der Waals surface area contributed by atoms with Crippen LogP contribution in [0.4, 0.5) is 0 Å². The van der Waals surface area contributed by atoms with Crippen LogP contribution >= 0.6 is 0 Å². The van der Waals surface area contributed by atoms with Crippen molar-refractivity contribution in [3.05, 3.63) is 24.5 Å². The number of carbonyl (C=O) groups excluding carboxylic acids is 1. The van der Waals surface area contributed by atoms with Crippen LogP contribution in [0.25, 0.3) is 11.5 Å². The average Bonchev–Trinajstić information content (AvgIpc) is 2.80. The second kappa shape index (κ2) is 4.47. The Morgan fingerprint density at radius 3 is 3.12 bits per heavy atom. The van der Waals surface area contributed by atoms with Crippen molar-refractivity contribution in [3.8, 4) is 11.5 Å². The van der Waals surface area contributed by atoms with Gasteiger partial charge in [0.2, 0.25) is 5.82 Å². The predicted octanol–water partition coefficient (Wildman–Crippen LogP) is 0.703. The van der Waals surface area contributed by atoms with Crippen molar-refractivity contribution in [1.82, 2.24) is 20.1 Å². The quantitative estimate of drug-likeness (QED) is 0.703. The SMILES string of the molecule is CCOC(=O)c1nc(-c2ccncn2)no1. The number of ether oxygens (including phenoxy) is 1. The highest BCUT2D eigenvalue weighted by molar-refractivity contribution is 5.84. The molecule has 82 valence electrons. The van der Waals surface area contributed by atoms with E-state index >= 15 is 0 Å². The summed E-state index contributed by atoms with van der Waals surface area (Å²) in [5.74, 6) is -0.601. The minimum atomic E-state index is -0.643. The van der Waals surface area contributed by atoms with E-state index in [0.29, 0.717) is 5.69 Å². The first-order chi connectivity index (χ1) is 7.81. The van der Waals surface area contributed by atoms with Gasteiger partial charge in [-0.2, -0.15) is 4.98 Å². The molecule has 0 aliphatic rings. The Morgan fingerprint density at radius 1 is 1.56 bits per heavy atom. The van der Waals surface area contributed by atoms with E-state index in [1.165, 1.54) is 6.33 Å². The minimum absolute atomic E-state index is 0.185. The lowest BCUT2D eigenvalue weighted by Gasteiger charge is -1.93. The summed E-state index contributed by atoms with van der Waals surface area (Å²) in [6, 6.07) is 1.61. The van der Waals surface area contributed by atoms with Gasteiger partial charge in [-0.15, -0.1) is 0 Å². The van der Waals surface area contributed by atoms with Crippen LogP contribution in [0.1, 0.15) is 17.6 Å². The molecule has 7 heteroatoms. The third-order valence-electron chi connectivity index (χ3n) is 1.69. The number of rotatable bonds is 3. The first-order valence-corrected chi connectivity index (χ1v) is 4.58. The van der Waals surface area contributed by atoms with E-state index in [-0.39, 0.29) is 18.3 Å². The topological polar surface area (TPSA) is 91.0 Å². The third kappa shape index (κ3) is 2.02. The molecule has 0 amide bonds. The molecule has 0 N–H and O–H groups in total. The summed E-state index contributed by atoms with van der Waals surface area (Å²) < 4.78 is 9.45. The van der Waals surface area contributed by atoms with Gasteiger partial charge in [-0.1, -0.05) is 5.16 Å². The van der Waals surface area contributed by atoms with Crippen LogP contribution in [0.2, 0.25) is 0 Å². The Kier molecular flexibility index (Phi) is 2.86. The molecule has 0 aliphatic heterocycles. The summed E-state index contributed by atoms with van der Waals surface area (Å²) in [5, 5.41) is 3.61. The summed E-state index contributed by atoms with van der Waals surface area (Å²) in [6.07, 6.45) is 2.90. The molecule has 0 aromatic carbocycles. The van der Waals surface area contributed by atoms with Crippen LogP contribution in [-0.4, -0.2) is 32.7 Å². The molecule has 2 heterocycles. The zero-order valence-corrected chi connectivity index (χ0v) is 8.45. The van der Waals surface area contributed by atoms with E-state index in [1.807, 2.05) is 0 Å². The van der Waals surface area contributed by atoms with Crippen molar-refractivity contribution >= 4 is 5.97 Å². The zero-order valence-electron chi connectivity index (χ0n) is 8.45. The number of hydrogen-bond donors (Lipinski definition) is 0. The molecule has 0 fully saturated rings. The lowest BCUT2D eigenvalue weighted by molar-refractivity contribution is 0.0470. The molecule has 0 spiro atoms. The molecular weight excluding hydrogens is 212 g/mol. The van der Waals surface area contributed by atoms with Gasteiger partial charge in [0.25, 0.3) is 0 Å². The smallest absolute Gasteiger partial charge is 0.397 e. The van der Waals surface area contributed by atoms with Crippen molar-refractivity contribution < 1.29 is 14.1 Å². The standard InChI is InChI=1S/C9H8N4O3/c1-2-15-9(14)8-12-7(13-16-8)6-3-4-10-5-11-6/h3-5H,2H2,1H3. The highest BCUT2D eigenvalue weighted by atomic mass is 16.6. The summed E-state index contributed by atoms with van der Waals surface area (Å²) in [5.41, 5.74) is 0.481. The fraction of sp³-hybridized carbons (Fsp3) is 0.222. The van der Waals surface area contributed by atoms with E-state index in [9.17, 15) is 4.79 Å². The zero-order chi connectivity index (χ0) is 11.4. The summed E-state index contributed by atoms with van der Waals surface area (Å²) in [6.45, 7) is 1.95. The van der Waals surface area contributed by atoms with Gasteiger partial charge in [-0.3, -0.25) is 0 Å². The normalized spacial score (nSPS) is 10.1. The fourth-order valence-electron chi connectivity index (χ4n) is 1.03. The Morgan fingerprint density at radius 2 is 2.44 bits per heavy atom. The molecule has 0 radical (unpaired) electrons. The van der Waals surface area contributed by atoms with Gasteiger partial charge >= 0.3 is 11.9 Å². The molecule has 16 heavy (non-hydrogen) atoms. The molecule has 0 unspecified atom stereocenters. The maximum atomic E-state index is 11.2. The molecule has 2 aromatic heterocycles. The van der Waals surface area contributed by atoms with Gasteiger partial charge in [0, 0.05) is 6.20 Å². The van der Waals surface area contributed by atoms with Crippen LogP contribution in [-0.2, 0) is 4.74 Å². The van der Waals surface area contributed by atoms with E-state index in [0.717, 1.165) is 0 Å². The molecular formula is C9H8N4O3. The number of aromatic nitrogens is 4. The molecule has 0 aliphatic carbocycles. The first kappa shape index (κ1) is 10.2. The van der Waals surface area contributed by atoms with Gasteiger partial charge in [-0.25, -0.2) is 14.8 Å². The van der Waals surface area contributed by atoms with Gasteiger partial charge in [0.05, 0.1) is 6.61 Å². The van der Waals surface area contributed by atoms with Crippen LogP contribution in [0.5, 0.6) is 0 Å².